The number of carbonyl (C=O) groups is 3. The van der Waals surface area contributed by atoms with Crippen molar-refractivity contribution in [2.45, 2.75) is 6.54 Å². The molecule has 0 bridgehead atoms. The Morgan fingerprint density at radius 2 is 1.80 bits per heavy atom. The first-order valence-electron chi connectivity index (χ1n) is 5.72. The molecule has 1 aliphatic heterocycles. The molecule has 0 atom stereocenters. The summed E-state index contributed by atoms with van der Waals surface area (Å²) < 4.78 is 4.81. The molecule has 100 valence electrons. The van der Waals surface area contributed by atoms with E-state index < -0.39 is 17.8 Å². The highest BCUT2D eigenvalue weighted by molar-refractivity contribution is 6.21. The summed E-state index contributed by atoms with van der Waals surface area (Å²) in [4.78, 5) is 35.8. The Labute approximate surface area is 112 Å². The Morgan fingerprint density at radius 1 is 1.20 bits per heavy atom. The minimum Gasteiger partial charge on any atom is -0.476 e. The molecule has 1 aliphatic rings. The number of benzene rings is 1. The first-order chi connectivity index (χ1) is 9.58. The number of rotatable bonds is 3. The van der Waals surface area contributed by atoms with Gasteiger partial charge in [0.2, 0.25) is 0 Å². The average Bonchev–Trinajstić information content (AvgIpc) is 3.00. The molecule has 0 saturated heterocycles. The van der Waals surface area contributed by atoms with Crippen LogP contribution in [0.25, 0.3) is 0 Å². The molecule has 1 N–H and O–H groups in total. The van der Waals surface area contributed by atoms with Gasteiger partial charge in [0.05, 0.1) is 17.7 Å². The number of aromatic carboxylic acids is 1. The van der Waals surface area contributed by atoms with Gasteiger partial charge < -0.3 is 9.63 Å². The Kier molecular flexibility index (Phi) is 2.60. The zero-order chi connectivity index (χ0) is 14.3. The topological polar surface area (TPSA) is 101 Å². The summed E-state index contributed by atoms with van der Waals surface area (Å²) in [6.45, 7) is -0.146. The molecule has 0 aliphatic carbocycles. The van der Waals surface area contributed by atoms with E-state index in [1.165, 1.54) is 6.07 Å². The molecule has 0 saturated carbocycles. The van der Waals surface area contributed by atoms with Crippen molar-refractivity contribution >= 4 is 17.8 Å². The maximum Gasteiger partial charge on any atom is 0.358 e. The highest BCUT2D eigenvalue weighted by Gasteiger charge is 2.35. The zero-order valence-corrected chi connectivity index (χ0v) is 10.1. The number of fused-ring (bicyclic) bond motifs is 1. The minimum atomic E-state index is -1.23. The van der Waals surface area contributed by atoms with Crippen LogP contribution in [0.15, 0.2) is 34.9 Å². The molecule has 0 fully saturated rings. The van der Waals surface area contributed by atoms with Crippen molar-refractivity contribution < 1.29 is 24.0 Å². The van der Waals surface area contributed by atoms with Crippen LogP contribution in [0.4, 0.5) is 0 Å². The fourth-order valence-corrected chi connectivity index (χ4v) is 2.03. The van der Waals surface area contributed by atoms with Crippen molar-refractivity contribution in [2.75, 3.05) is 0 Å². The Hall–Kier alpha value is -2.96. The molecule has 0 radical (unpaired) electrons. The summed E-state index contributed by atoms with van der Waals surface area (Å²) >= 11 is 0. The molecule has 20 heavy (non-hydrogen) atoms. The monoisotopic (exact) mass is 272 g/mol. The highest BCUT2D eigenvalue weighted by atomic mass is 16.5. The summed E-state index contributed by atoms with van der Waals surface area (Å²) in [5, 5.41) is 12.1. The van der Waals surface area contributed by atoms with Crippen molar-refractivity contribution in [3.8, 4) is 0 Å². The Balaban J connectivity index is 1.87. The van der Waals surface area contributed by atoms with Crippen LogP contribution in [-0.2, 0) is 6.54 Å². The number of nitrogens with zero attached hydrogens (tertiary/aromatic N) is 2. The van der Waals surface area contributed by atoms with E-state index in [2.05, 4.69) is 5.16 Å². The average molecular weight is 272 g/mol. The van der Waals surface area contributed by atoms with Gasteiger partial charge in [-0.3, -0.25) is 14.5 Å². The van der Waals surface area contributed by atoms with Crippen LogP contribution >= 0.6 is 0 Å². The van der Waals surface area contributed by atoms with E-state index in [0.717, 1.165) is 4.90 Å². The predicted molar refractivity (Wildman–Crippen MR) is 64.1 cm³/mol. The number of hydrogen-bond acceptors (Lipinski definition) is 5. The highest BCUT2D eigenvalue weighted by Crippen LogP contribution is 2.24. The van der Waals surface area contributed by atoms with Gasteiger partial charge >= 0.3 is 5.97 Å². The lowest BCUT2D eigenvalue weighted by molar-refractivity contribution is 0.0623. The summed E-state index contributed by atoms with van der Waals surface area (Å²) in [7, 11) is 0. The molecule has 1 aromatic heterocycles. The van der Waals surface area contributed by atoms with Crippen LogP contribution in [-0.4, -0.2) is 32.9 Å². The van der Waals surface area contributed by atoms with Gasteiger partial charge in [-0.2, -0.15) is 0 Å². The van der Waals surface area contributed by atoms with Crippen molar-refractivity contribution in [3.63, 3.8) is 0 Å². The molecule has 7 nitrogen and oxygen atoms in total. The first-order valence-corrected chi connectivity index (χ1v) is 5.72. The number of hydrogen-bond donors (Lipinski definition) is 1. The largest absolute Gasteiger partial charge is 0.476 e. The van der Waals surface area contributed by atoms with Gasteiger partial charge in [-0.1, -0.05) is 17.3 Å². The first kappa shape index (κ1) is 12.1. The van der Waals surface area contributed by atoms with Crippen molar-refractivity contribution in [1.82, 2.24) is 10.1 Å². The molecule has 0 unspecified atom stereocenters. The lowest BCUT2D eigenvalue weighted by Gasteiger charge is -2.10. The summed E-state index contributed by atoms with van der Waals surface area (Å²) in [5.41, 5.74) is 0.391. The molecular weight excluding hydrogens is 264 g/mol. The maximum absolute atomic E-state index is 12.1. The fraction of sp³-hybridized carbons (Fsp3) is 0.0769. The van der Waals surface area contributed by atoms with Gasteiger partial charge in [0, 0.05) is 6.07 Å². The number of carboxylic acids is 1. The van der Waals surface area contributed by atoms with E-state index in [9.17, 15) is 14.4 Å². The SMILES string of the molecule is O=C(O)c1cc(CN2C(=O)c3ccccc3C2=O)on1. The zero-order valence-electron chi connectivity index (χ0n) is 10.1. The molecule has 2 aromatic rings. The smallest absolute Gasteiger partial charge is 0.358 e. The normalized spacial score (nSPS) is 13.7. The van der Waals surface area contributed by atoms with E-state index in [1.807, 2.05) is 0 Å². The van der Waals surface area contributed by atoms with Crippen molar-refractivity contribution in [3.05, 3.63) is 52.9 Å². The van der Waals surface area contributed by atoms with Gasteiger partial charge in [0.25, 0.3) is 11.8 Å². The van der Waals surface area contributed by atoms with Crippen molar-refractivity contribution in [2.24, 2.45) is 0 Å². The molecule has 0 spiro atoms. The Bertz CT molecular complexity index is 699. The summed E-state index contributed by atoms with van der Waals surface area (Å²) in [6.07, 6.45) is 0. The standard InChI is InChI=1S/C13H8N2O5/c16-11-8-3-1-2-4-9(8)12(17)15(11)6-7-5-10(13(18)19)14-20-7/h1-5H,6H2,(H,18,19). The lowest BCUT2D eigenvalue weighted by atomic mass is 10.1. The fourth-order valence-electron chi connectivity index (χ4n) is 2.03. The number of carbonyl (C=O) groups excluding carboxylic acids is 2. The second kappa shape index (κ2) is 4.30. The van der Waals surface area contributed by atoms with Gasteiger partial charge in [-0.25, -0.2) is 4.79 Å². The lowest BCUT2D eigenvalue weighted by Crippen LogP contribution is -2.28. The van der Waals surface area contributed by atoms with Gasteiger partial charge in [-0.15, -0.1) is 0 Å². The minimum absolute atomic E-state index is 0.136. The van der Waals surface area contributed by atoms with E-state index in [1.54, 1.807) is 24.3 Å². The third kappa shape index (κ3) is 1.76. The van der Waals surface area contributed by atoms with Crippen LogP contribution in [0.3, 0.4) is 0 Å². The van der Waals surface area contributed by atoms with Gasteiger partial charge in [0.1, 0.15) is 0 Å². The summed E-state index contributed by atoms with van der Waals surface area (Å²) in [5.74, 6) is -1.96. The second-order valence-electron chi connectivity index (χ2n) is 4.23. The third-order valence-electron chi connectivity index (χ3n) is 2.97. The number of amides is 2. The molecule has 3 rings (SSSR count). The van der Waals surface area contributed by atoms with Crippen LogP contribution < -0.4 is 0 Å². The van der Waals surface area contributed by atoms with Crippen LogP contribution in [0.5, 0.6) is 0 Å². The molecule has 1 aromatic carbocycles. The van der Waals surface area contributed by atoms with Crippen molar-refractivity contribution in [1.29, 1.82) is 0 Å². The molecule has 2 heterocycles. The van der Waals surface area contributed by atoms with E-state index in [0.29, 0.717) is 11.1 Å². The predicted octanol–water partition coefficient (Wildman–Crippen LogP) is 1.17. The maximum atomic E-state index is 12.1. The molecule has 2 amide bonds. The second-order valence-corrected chi connectivity index (χ2v) is 4.23. The van der Waals surface area contributed by atoms with Gasteiger partial charge in [0.15, 0.2) is 11.5 Å². The van der Waals surface area contributed by atoms with Gasteiger partial charge in [-0.05, 0) is 12.1 Å². The van der Waals surface area contributed by atoms with Crippen LogP contribution in [0.2, 0.25) is 0 Å². The number of aromatic nitrogens is 1. The number of imide groups is 1. The molecular formula is C13H8N2O5. The number of carboxylic acid groups (broad SMARTS) is 1. The quantitative estimate of drug-likeness (QED) is 0.841. The van der Waals surface area contributed by atoms with E-state index >= 15 is 0 Å². The van der Waals surface area contributed by atoms with E-state index in [4.69, 9.17) is 9.63 Å². The van der Waals surface area contributed by atoms with Crippen LogP contribution in [0.1, 0.15) is 37.0 Å². The van der Waals surface area contributed by atoms with Crippen LogP contribution in [0, 0.1) is 0 Å². The Morgan fingerprint density at radius 3 is 2.30 bits per heavy atom. The third-order valence-corrected chi connectivity index (χ3v) is 2.97. The molecule has 7 heteroatoms. The van der Waals surface area contributed by atoms with E-state index in [-0.39, 0.29) is 18.0 Å². The summed E-state index contributed by atoms with van der Waals surface area (Å²) in [6, 6.07) is 7.66.